The zero-order valence-corrected chi connectivity index (χ0v) is 20.3. The predicted octanol–water partition coefficient (Wildman–Crippen LogP) is 4.66. The zero-order valence-electron chi connectivity index (χ0n) is 20.3. The number of hydrogen-bond acceptors (Lipinski definition) is 7. The second kappa shape index (κ2) is 11.4. The Morgan fingerprint density at radius 3 is 2.41 bits per heavy atom. The summed E-state index contributed by atoms with van der Waals surface area (Å²) in [5.41, 5.74) is 2.33. The molecule has 0 heterocycles. The van der Waals surface area contributed by atoms with Crippen LogP contribution in [0.2, 0.25) is 0 Å². The Labute approximate surface area is 200 Å². The normalized spacial score (nSPS) is 11.6. The van der Waals surface area contributed by atoms with Crippen molar-refractivity contribution < 1.29 is 29.4 Å². The molecule has 0 aliphatic carbocycles. The number of phenols is 1. The van der Waals surface area contributed by atoms with E-state index >= 15 is 0 Å². The summed E-state index contributed by atoms with van der Waals surface area (Å²) < 4.78 is 10.6. The molecule has 0 unspecified atom stereocenters. The first-order valence-corrected chi connectivity index (χ1v) is 10.9. The number of phenolic OH excluding ortho intramolecular Hbond substituents is 1. The lowest BCUT2D eigenvalue weighted by atomic mass is 9.84. The van der Waals surface area contributed by atoms with E-state index < -0.39 is 5.97 Å². The number of esters is 1. The number of anilines is 1. The molecule has 0 bridgehead atoms. The summed E-state index contributed by atoms with van der Waals surface area (Å²) in [5, 5.41) is 23.2. The van der Waals surface area contributed by atoms with E-state index in [1.54, 1.807) is 11.0 Å². The summed E-state index contributed by atoms with van der Waals surface area (Å²) >= 11 is 0. The van der Waals surface area contributed by atoms with Crippen LogP contribution in [0, 0.1) is 0 Å². The second-order valence-electron chi connectivity index (χ2n) is 8.65. The molecule has 8 heteroatoms. The maximum absolute atomic E-state index is 12.1. The van der Waals surface area contributed by atoms with Crippen molar-refractivity contribution in [3.63, 3.8) is 0 Å². The van der Waals surface area contributed by atoms with Gasteiger partial charge in [-0.05, 0) is 42.2 Å². The van der Waals surface area contributed by atoms with E-state index in [-0.39, 0.29) is 47.3 Å². The molecule has 0 spiro atoms. The van der Waals surface area contributed by atoms with E-state index in [1.807, 2.05) is 39.8 Å². The van der Waals surface area contributed by atoms with Gasteiger partial charge in [0.15, 0.2) is 0 Å². The Balaban J connectivity index is 2.27. The van der Waals surface area contributed by atoms with Crippen molar-refractivity contribution in [1.29, 1.82) is 0 Å². The van der Waals surface area contributed by atoms with Crippen LogP contribution >= 0.6 is 0 Å². The number of carbonyl (C=O) groups excluding carboxylic acids is 2. The number of aromatic hydroxyl groups is 1. The summed E-state index contributed by atoms with van der Waals surface area (Å²) in [6, 6.07) is 9.67. The summed E-state index contributed by atoms with van der Waals surface area (Å²) in [4.78, 5) is 25.8. The Morgan fingerprint density at radius 1 is 1.18 bits per heavy atom. The fourth-order valence-corrected chi connectivity index (χ4v) is 3.42. The average Bonchev–Trinajstić information content (AvgIpc) is 2.78. The second-order valence-corrected chi connectivity index (χ2v) is 8.65. The zero-order chi connectivity index (χ0) is 25.5. The number of nitrogens with zero attached hydrogens (tertiary/aromatic N) is 2. The van der Waals surface area contributed by atoms with Gasteiger partial charge in [0, 0.05) is 30.8 Å². The molecule has 0 fully saturated rings. The first-order chi connectivity index (χ1) is 16.0. The van der Waals surface area contributed by atoms with Gasteiger partial charge in [0.1, 0.15) is 36.0 Å². The largest absolute Gasteiger partial charge is 0.507 e. The average molecular weight is 469 g/mol. The molecule has 0 atom stereocenters. The van der Waals surface area contributed by atoms with Crippen LogP contribution in [0.1, 0.15) is 56.1 Å². The van der Waals surface area contributed by atoms with Crippen molar-refractivity contribution in [2.45, 2.75) is 40.0 Å². The van der Waals surface area contributed by atoms with Gasteiger partial charge in [0.2, 0.25) is 5.91 Å². The molecule has 8 nitrogen and oxygen atoms in total. The number of carbonyl (C=O) groups is 2. The maximum Gasteiger partial charge on any atom is 0.342 e. The number of rotatable bonds is 9. The third-order valence-electron chi connectivity index (χ3n) is 5.14. The minimum atomic E-state index is -0.678. The number of benzene rings is 2. The molecule has 182 valence electrons. The summed E-state index contributed by atoms with van der Waals surface area (Å²) in [5.74, 6) is -0.752. The van der Waals surface area contributed by atoms with Gasteiger partial charge in [-0.3, -0.25) is 4.79 Å². The number of hydrogen-bond donors (Lipinski definition) is 2. The van der Waals surface area contributed by atoms with Crippen LogP contribution in [0.3, 0.4) is 0 Å². The molecule has 0 aliphatic rings. The Morgan fingerprint density at radius 2 is 1.88 bits per heavy atom. The summed E-state index contributed by atoms with van der Waals surface area (Å²) in [6.45, 7) is 13.5. The topological polar surface area (TPSA) is 109 Å². The number of amides is 1. The SMILES string of the molecule is C=CCOC(=O)c1ccc(OC/C(=N\O)c2ccc(N(CC)C(C)=O)c(C(C)(C)C)c2)cc1O. The smallest absolute Gasteiger partial charge is 0.342 e. The molecule has 0 radical (unpaired) electrons. The van der Waals surface area contributed by atoms with Gasteiger partial charge in [-0.1, -0.05) is 44.6 Å². The molecule has 2 aromatic rings. The van der Waals surface area contributed by atoms with E-state index in [0.717, 1.165) is 11.3 Å². The van der Waals surface area contributed by atoms with Gasteiger partial charge in [0.05, 0.1) is 0 Å². The molecular weight excluding hydrogens is 436 g/mol. The highest BCUT2D eigenvalue weighted by atomic mass is 16.5. The first-order valence-electron chi connectivity index (χ1n) is 10.9. The fraction of sp³-hybridized carbons (Fsp3) is 0.346. The molecular formula is C26H32N2O6. The lowest BCUT2D eigenvalue weighted by Gasteiger charge is -2.29. The van der Waals surface area contributed by atoms with Crippen molar-refractivity contribution in [3.05, 3.63) is 65.7 Å². The van der Waals surface area contributed by atoms with Crippen LogP contribution in [0.4, 0.5) is 5.69 Å². The fourth-order valence-electron chi connectivity index (χ4n) is 3.42. The monoisotopic (exact) mass is 468 g/mol. The molecule has 1 amide bonds. The molecule has 0 saturated carbocycles. The van der Waals surface area contributed by atoms with Crippen molar-refractivity contribution in [2.75, 3.05) is 24.7 Å². The number of oxime groups is 1. The van der Waals surface area contributed by atoms with E-state index in [0.29, 0.717) is 12.1 Å². The minimum absolute atomic E-state index is 0.00149. The molecule has 0 saturated heterocycles. The standard InChI is InChI=1S/C26H32N2O6/c1-7-13-33-25(31)20-11-10-19(15-24(20)30)34-16-22(27-32)18-9-12-23(28(8-2)17(3)29)21(14-18)26(4,5)6/h7,9-12,14-15,30,32H,1,8,13,16H2,2-6H3/b27-22+. The van der Waals surface area contributed by atoms with Crippen LogP contribution in [0.25, 0.3) is 0 Å². The van der Waals surface area contributed by atoms with Crippen molar-refractivity contribution >= 4 is 23.3 Å². The summed E-state index contributed by atoms with van der Waals surface area (Å²) in [7, 11) is 0. The molecule has 2 rings (SSSR count). The lowest BCUT2D eigenvalue weighted by Crippen LogP contribution is -2.31. The van der Waals surface area contributed by atoms with Crippen LogP contribution in [0.5, 0.6) is 11.5 Å². The van der Waals surface area contributed by atoms with Gasteiger partial charge < -0.3 is 24.7 Å². The van der Waals surface area contributed by atoms with Crippen LogP contribution in [-0.2, 0) is 14.9 Å². The Bertz CT molecular complexity index is 1090. The molecule has 0 aliphatic heterocycles. The van der Waals surface area contributed by atoms with Crippen LogP contribution < -0.4 is 9.64 Å². The van der Waals surface area contributed by atoms with E-state index in [9.17, 15) is 19.9 Å². The first kappa shape index (κ1) is 26.4. The van der Waals surface area contributed by atoms with Gasteiger partial charge in [-0.15, -0.1) is 0 Å². The minimum Gasteiger partial charge on any atom is -0.507 e. The van der Waals surface area contributed by atoms with Crippen LogP contribution in [-0.4, -0.2) is 47.7 Å². The Hall–Kier alpha value is -3.81. The molecule has 2 aromatic carbocycles. The third kappa shape index (κ3) is 6.37. The van der Waals surface area contributed by atoms with E-state index in [1.165, 1.54) is 31.2 Å². The van der Waals surface area contributed by atoms with Crippen molar-refractivity contribution in [3.8, 4) is 11.5 Å². The van der Waals surface area contributed by atoms with Gasteiger partial charge in [-0.25, -0.2) is 4.79 Å². The van der Waals surface area contributed by atoms with E-state index in [2.05, 4.69) is 11.7 Å². The highest BCUT2D eigenvalue weighted by Crippen LogP contribution is 2.33. The van der Waals surface area contributed by atoms with Crippen molar-refractivity contribution in [1.82, 2.24) is 0 Å². The van der Waals surface area contributed by atoms with E-state index in [4.69, 9.17) is 9.47 Å². The maximum atomic E-state index is 12.1. The quantitative estimate of drug-likeness (QED) is 0.182. The molecule has 34 heavy (non-hydrogen) atoms. The lowest BCUT2D eigenvalue weighted by molar-refractivity contribution is -0.116. The molecule has 2 N–H and O–H groups in total. The third-order valence-corrected chi connectivity index (χ3v) is 5.14. The van der Waals surface area contributed by atoms with Gasteiger partial charge in [0.25, 0.3) is 0 Å². The highest BCUT2D eigenvalue weighted by molar-refractivity contribution is 6.02. The predicted molar refractivity (Wildman–Crippen MR) is 131 cm³/mol. The number of ether oxygens (including phenoxy) is 2. The Kier molecular flexibility index (Phi) is 8.83. The summed E-state index contributed by atoms with van der Waals surface area (Å²) in [6.07, 6.45) is 1.43. The molecule has 0 aromatic heterocycles. The van der Waals surface area contributed by atoms with Gasteiger partial charge in [-0.2, -0.15) is 0 Å². The van der Waals surface area contributed by atoms with Crippen LogP contribution in [0.15, 0.2) is 54.2 Å². The highest BCUT2D eigenvalue weighted by Gasteiger charge is 2.24. The van der Waals surface area contributed by atoms with Crippen molar-refractivity contribution in [2.24, 2.45) is 5.16 Å². The van der Waals surface area contributed by atoms with Gasteiger partial charge >= 0.3 is 5.97 Å².